The summed E-state index contributed by atoms with van der Waals surface area (Å²) in [4.78, 5) is 4.36. The van der Waals surface area contributed by atoms with Crippen LogP contribution < -0.4 is 0 Å². The van der Waals surface area contributed by atoms with Gasteiger partial charge in [-0.05, 0) is 30.9 Å². The molecule has 0 spiro atoms. The molecule has 0 atom stereocenters. The van der Waals surface area contributed by atoms with Crippen LogP contribution in [0, 0.1) is 5.92 Å². The van der Waals surface area contributed by atoms with Crippen LogP contribution >= 0.6 is 0 Å². The van der Waals surface area contributed by atoms with Gasteiger partial charge in [-0.3, -0.25) is 0 Å². The topological polar surface area (TPSA) is 17.3 Å². The number of pyridine rings is 1. The molecule has 2 aromatic rings. The Morgan fingerprint density at radius 2 is 2.21 bits per heavy atom. The predicted octanol–water partition coefficient (Wildman–Crippen LogP) is 2.92. The number of imidazole rings is 1. The molecule has 0 aliphatic heterocycles. The van der Waals surface area contributed by atoms with Crippen LogP contribution in [0.25, 0.3) is 5.65 Å². The summed E-state index contributed by atoms with van der Waals surface area (Å²) in [5.74, 6) is 0.754. The van der Waals surface area contributed by atoms with E-state index >= 15 is 0 Å². The van der Waals surface area contributed by atoms with E-state index in [-0.39, 0.29) is 0 Å². The molecule has 0 amide bonds. The van der Waals surface area contributed by atoms with E-state index in [0.29, 0.717) is 0 Å². The number of rotatable bonds is 3. The quantitative estimate of drug-likeness (QED) is 0.724. The summed E-state index contributed by atoms with van der Waals surface area (Å²) in [5.41, 5.74) is 2.36. The fourth-order valence-corrected chi connectivity index (χ4v) is 1.61. The van der Waals surface area contributed by atoms with E-state index in [2.05, 4.69) is 29.4 Å². The lowest BCUT2D eigenvalue weighted by molar-refractivity contribution is 0.580. The van der Waals surface area contributed by atoms with Crippen molar-refractivity contribution in [1.29, 1.82) is 0 Å². The molecule has 2 heteroatoms. The summed E-state index contributed by atoms with van der Waals surface area (Å²) in [6, 6.07) is 6.11. The van der Waals surface area contributed by atoms with Crippen molar-refractivity contribution in [2.24, 2.45) is 5.92 Å². The van der Waals surface area contributed by atoms with Gasteiger partial charge in [0.1, 0.15) is 5.65 Å². The molecule has 0 radical (unpaired) electrons. The van der Waals surface area contributed by atoms with Gasteiger partial charge in [0.05, 0.1) is 0 Å². The SMILES string of the molecule is CC(C)CCc1cnc2ccccn12. The van der Waals surface area contributed by atoms with Crippen molar-refractivity contribution >= 4 is 5.65 Å². The van der Waals surface area contributed by atoms with E-state index in [0.717, 1.165) is 18.0 Å². The van der Waals surface area contributed by atoms with E-state index in [9.17, 15) is 0 Å². The molecule has 74 valence electrons. The summed E-state index contributed by atoms with van der Waals surface area (Å²) >= 11 is 0. The normalized spacial score (nSPS) is 11.4. The monoisotopic (exact) mass is 188 g/mol. The van der Waals surface area contributed by atoms with Gasteiger partial charge in [-0.15, -0.1) is 0 Å². The molecule has 0 aliphatic rings. The first-order valence-corrected chi connectivity index (χ1v) is 5.18. The maximum Gasteiger partial charge on any atom is 0.136 e. The molecule has 0 saturated heterocycles. The summed E-state index contributed by atoms with van der Waals surface area (Å²) in [7, 11) is 0. The highest BCUT2D eigenvalue weighted by Gasteiger charge is 2.02. The van der Waals surface area contributed by atoms with Crippen LogP contribution in [0.1, 0.15) is 26.0 Å². The molecule has 0 unspecified atom stereocenters. The molecule has 2 aromatic heterocycles. The van der Waals surface area contributed by atoms with Gasteiger partial charge in [-0.25, -0.2) is 4.98 Å². The molecular weight excluding hydrogens is 172 g/mol. The standard InChI is InChI=1S/C12H16N2/c1-10(2)6-7-11-9-13-12-5-3-4-8-14(11)12/h3-5,8-10H,6-7H2,1-2H3. The van der Waals surface area contributed by atoms with Crippen molar-refractivity contribution in [3.8, 4) is 0 Å². The minimum absolute atomic E-state index is 0.754. The first kappa shape index (κ1) is 9.25. The number of hydrogen-bond acceptors (Lipinski definition) is 1. The van der Waals surface area contributed by atoms with Gasteiger partial charge in [0.15, 0.2) is 0 Å². The minimum atomic E-state index is 0.754. The minimum Gasteiger partial charge on any atom is -0.304 e. The predicted molar refractivity (Wildman–Crippen MR) is 58.4 cm³/mol. The zero-order valence-corrected chi connectivity index (χ0v) is 8.77. The highest BCUT2D eigenvalue weighted by Crippen LogP contribution is 2.11. The van der Waals surface area contributed by atoms with E-state index in [1.807, 2.05) is 24.4 Å². The van der Waals surface area contributed by atoms with Crippen LogP contribution in [0.3, 0.4) is 0 Å². The van der Waals surface area contributed by atoms with Crippen molar-refractivity contribution in [2.75, 3.05) is 0 Å². The number of aromatic nitrogens is 2. The Labute approximate surface area is 84.6 Å². The van der Waals surface area contributed by atoms with Crippen LogP contribution in [0.5, 0.6) is 0 Å². The summed E-state index contributed by atoms with van der Waals surface area (Å²) in [6.07, 6.45) is 6.40. The molecule has 14 heavy (non-hydrogen) atoms. The van der Waals surface area contributed by atoms with Crippen molar-refractivity contribution in [1.82, 2.24) is 9.38 Å². The molecule has 0 aromatic carbocycles. The van der Waals surface area contributed by atoms with Crippen molar-refractivity contribution < 1.29 is 0 Å². The molecule has 0 bridgehead atoms. The fraction of sp³-hybridized carbons (Fsp3) is 0.417. The maximum absolute atomic E-state index is 4.36. The zero-order valence-electron chi connectivity index (χ0n) is 8.77. The second-order valence-electron chi connectivity index (χ2n) is 4.11. The van der Waals surface area contributed by atoms with Crippen molar-refractivity contribution in [3.05, 3.63) is 36.3 Å². The van der Waals surface area contributed by atoms with Crippen LogP contribution in [-0.2, 0) is 6.42 Å². The number of aryl methyl sites for hydroxylation is 1. The first-order valence-electron chi connectivity index (χ1n) is 5.18. The summed E-state index contributed by atoms with van der Waals surface area (Å²) < 4.78 is 2.17. The number of fused-ring (bicyclic) bond motifs is 1. The molecule has 0 fully saturated rings. The van der Waals surface area contributed by atoms with Crippen LogP contribution in [0.2, 0.25) is 0 Å². The first-order chi connectivity index (χ1) is 6.77. The Bertz CT molecular complexity index is 415. The van der Waals surface area contributed by atoms with E-state index < -0.39 is 0 Å². The molecule has 2 nitrogen and oxygen atoms in total. The average Bonchev–Trinajstić information content (AvgIpc) is 2.58. The largest absolute Gasteiger partial charge is 0.304 e. The van der Waals surface area contributed by atoms with E-state index in [1.165, 1.54) is 12.1 Å². The number of hydrogen-bond donors (Lipinski definition) is 0. The van der Waals surface area contributed by atoms with Crippen LogP contribution in [0.15, 0.2) is 30.6 Å². The van der Waals surface area contributed by atoms with E-state index in [1.54, 1.807) is 0 Å². The summed E-state index contributed by atoms with van der Waals surface area (Å²) in [6.45, 7) is 4.51. The van der Waals surface area contributed by atoms with Crippen LogP contribution in [0.4, 0.5) is 0 Å². The maximum atomic E-state index is 4.36. The van der Waals surface area contributed by atoms with Crippen molar-refractivity contribution in [3.63, 3.8) is 0 Å². The molecule has 2 rings (SSSR count). The van der Waals surface area contributed by atoms with Gasteiger partial charge in [0.2, 0.25) is 0 Å². The molecule has 0 saturated carbocycles. The smallest absolute Gasteiger partial charge is 0.136 e. The molecule has 0 N–H and O–H groups in total. The van der Waals surface area contributed by atoms with Gasteiger partial charge < -0.3 is 4.40 Å². The Hall–Kier alpha value is -1.31. The second-order valence-corrected chi connectivity index (χ2v) is 4.11. The lowest BCUT2D eigenvalue weighted by Gasteiger charge is -2.03. The van der Waals surface area contributed by atoms with Crippen LogP contribution in [-0.4, -0.2) is 9.38 Å². The summed E-state index contributed by atoms with van der Waals surface area (Å²) in [5, 5.41) is 0. The highest BCUT2D eigenvalue weighted by atomic mass is 15.0. The van der Waals surface area contributed by atoms with E-state index in [4.69, 9.17) is 0 Å². The third-order valence-corrected chi connectivity index (χ3v) is 2.47. The fourth-order valence-electron chi connectivity index (χ4n) is 1.61. The molecular formula is C12H16N2. The van der Waals surface area contributed by atoms with Gasteiger partial charge in [0, 0.05) is 18.1 Å². The Kier molecular flexibility index (Phi) is 2.53. The van der Waals surface area contributed by atoms with Crippen molar-refractivity contribution in [2.45, 2.75) is 26.7 Å². The third-order valence-electron chi connectivity index (χ3n) is 2.47. The third kappa shape index (κ3) is 1.79. The Morgan fingerprint density at radius 3 is 3.00 bits per heavy atom. The number of nitrogens with zero attached hydrogens (tertiary/aromatic N) is 2. The van der Waals surface area contributed by atoms with Gasteiger partial charge in [-0.1, -0.05) is 19.9 Å². The lowest BCUT2D eigenvalue weighted by atomic mass is 10.1. The molecule has 2 heterocycles. The van der Waals surface area contributed by atoms with Gasteiger partial charge in [0.25, 0.3) is 0 Å². The zero-order chi connectivity index (χ0) is 9.97. The average molecular weight is 188 g/mol. The molecule has 0 aliphatic carbocycles. The van der Waals surface area contributed by atoms with Gasteiger partial charge >= 0.3 is 0 Å². The second kappa shape index (κ2) is 3.82. The Balaban J connectivity index is 2.25. The lowest BCUT2D eigenvalue weighted by Crippen LogP contribution is -1.95. The Morgan fingerprint density at radius 1 is 1.36 bits per heavy atom. The highest BCUT2D eigenvalue weighted by molar-refractivity contribution is 5.39. The van der Waals surface area contributed by atoms with Gasteiger partial charge in [-0.2, -0.15) is 0 Å².